The molecule has 1 N–H and O–H groups in total. The van der Waals surface area contributed by atoms with Crippen molar-refractivity contribution in [2.24, 2.45) is 29.1 Å². The van der Waals surface area contributed by atoms with E-state index in [0.717, 1.165) is 19.5 Å². The van der Waals surface area contributed by atoms with Gasteiger partial charge in [-0.25, -0.2) is 0 Å². The fourth-order valence-electron chi connectivity index (χ4n) is 5.93. The van der Waals surface area contributed by atoms with Crippen LogP contribution in [0.3, 0.4) is 0 Å². The third-order valence-corrected chi connectivity index (χ3v) is 6.90. The van der Waals surface area contributed by atoms with Crippen LogP contribution in [0, 0.1) is 29.1 Å². The summed E-state index contributed by atoms with van der Waals surface area (Å²) in [4.78, 5) is 41.9. The van der Waals surface area contributed by atoms with Crippen LogP contribution >= 0.6 is 0 Å². The first-order valence-electron chi connectivity index (χ1n) is 9.68. The number of morpholine rings is 1. The first kappa shape index (κ1) is 18.1. The maximum Gasteiger partial charge on any atom is 0.233 e. The molecule has 5 aliphatic rings. The Kier molecular flexibility index (Phi) is 4.44. The average molecular weight is 364 g/mol. The van der Waals surface area contributed by atoms with Gasteiger partial charge in [-0.1, -0.05) is 13.8 Å². The van der Waals surface area contributed by atoms with Crippen LogP contribution in [0.5, 0.6) is 0 Å². The smallest absolute Gasteiger partial charge is 0.233 e. The van der Waals surface area contributed by atoms with Crippen LogP contribution in [0.2, 0.25) is 0 Å². The van der Waals surface area contributed by atoms with Gasteiger partial charge in [-0.05, 0) is 17.8 Å². The zero-order valence-electron chi connectivity index (χ0n) is 15.5. The molecule has 2 saturated heterocycles. The van der Waals surface area contributed by atoms with Gasteiger partial charge in [0.05, 0.1) is 37.7 Å². The molecule has 2 aliphatic heterocycles. The molecular weight excluding hydrogens is 336 g/mol. The molecule has 6 atom stereocenters. The van der Waals surface area contributed by atoms with Crippen LogP contribution in [0.1, 0.15) is 26.7 Å². The van der Waals surface area contributed by atoms with E-state index < -0.39 is 23.4 Å². The number of ether oxygens (including phenoxy) is 1. The molecular formula is C19H28N2O5. The topological polar surface area (TPSA) is 87.2 Å². The molecule has 5 rings (SSSR count). The van der Waals surface area contributed by atoms with Gasteiger partial charge in [0.1, 0.15) is 5.78 Å². The molecule has 0 aromatic rings. The molecule has 0 aromatic carbocycles. The van der Waals surface area contributed by atoms with Gasteiger partial charge in [-0.2, -0.15) is 0 Å². The fraction of sp³-hybridized carbons (Fsp3) is 0.842. The largest absolute Gasteiger partial charge is 0.390 e. The number of likely N-dealkylation sites (tertiary alicyclic amines) is 1. The second-order valence-electron chi connectivity index (χ2n) is 8.86. The van der Waals surface area contributed by atoms with Crippen LogP contribution in [-0.2, 0) is 19.1 Å². The first-order valence-corrected chi connectivity index (χ1v) is 9.68. The molecule has 0 radical (unpaired) electrons. The summed E-state index contributed by atoms with van der Waals surface area (Å²) in [6.07, 6.45) is 0.430. The van der Waals surface area contributed by atoms with Crippen molar-refractivity contribution in [3.8, 4) is 0 Å². The number of ketones is 1. The molecule has 6 unspecified atom stereocenters. The number of nitrogens with zero attached hydrogens (tertiary/aromatic N) is 2. The number of aliphatic hydroxyl groups excluding tert-OH is 1. The van der Waals surface area contributed by atoms with Gasteiger partial charge in [0.25, 0.3) is 0 Å². The number of amides is 2. The number of Topliss-reactive ketones (excluding diaryl/α,β-unsaturated/α-hetero) is 1. The SMILES string of the molecule is CC1CC2(C)CC(=O)C1C1C(=O)N(CC(O)CN3CCOCC3)C(=O)C12. The molecule has 0 spiro atoms. The molecule has 144 valence electrons. The van der Waals surface area contributed by atoms with E-state index in [1.54, 1.807) is 0 Å². The predicted octanol–water partition coefficient (Wildman–Crippen LogP) is -0.0842. The van der Waals surface area contributed by atoms with Crippen molar-refractivity contribution in [1.82, 2.24) is 9.80 Å². The monoisotopic (exact) mass is 364 g/mol. The Morgan fingerprint density at radius 1 is 1.15 bits per heavy atom. The normalized spacial score (nSPS) is 41.7. The first-order chi connectivity index (χ1) is 12.3. The van der Waals surface area contributed by atoms with Gasteiger partial charge in [-0.3, -0.25) is 24.2 Å². The Morgan fingerprint density at radius 3 is 2.50 bits per heavy atom. The minimum absolute atomic E-state index is 0.0212. The second-order valence-corrected chi connectivity index (χ2v) is 8.86. The molecule has 5 fully saturated rings. The fourth-order valence-corrected chi connectivity index (χ4v) is 5.93. The summed E-state index contributed by atoms with van der Waals surface area (Å²) in [6, 6.07) is 0. The van der Waals surface area contributed by atoms with Crippen LogP contribution in [0.25, 0.3) is 0 Å². The number of hydrogen-bond donors (Lipinski definition) is 1. The van der Waals surface area contributed by atoms with Crippen LogP contribution in [0.4, 0.5) is 0 Å². The molecule has 7 nitrogen and oxygen atoms in total. The number of rotatable bonds is 4. The van der Waals surface area contributed by atoms with E-state index in [2.05, 4.69) is 4.90 Å². The summed E-state index contributed by atoms with van der Waals surface area (Å²) < 4.78 is 5.30. The summed E-state index contributed by atoms with van der Waals surface area (Å²) in [6.45, 7) is 7.21. The third kappa shape index (κ3) is 2.72. The molecule has 3 saturated carbocycles. The van der Waals surface area contributed by atoms with Gasteiger partial charge < -0.3 is 9.84 Å². The van der Waals surface area contributed by atoms with Crippen LogP contribution in [0.15, 0.2) is 0 Å². The number of hydrogen-bond acceptors (Lipinski definition) is 6. The van der Waals surface area contributed by atoms with Gasteiger partial charge in [0, 0.05) is 32.0 Å². The highest BCUT2D eigenvalue weighted by atomic mass is 16.5. The lowest BCUT2D eigenvalue weighted by Gasteiger charge is -2.52. The minimum atomic E-state index is -0.778. The van der Waals surface area contributed by atoms with Crippen molar-refractivity contribution in [2.75, 3.05) is 39.4 Å². The molecule has 2 heterocycles. The molecule has 7 heteroatoms. The number of β-amino-alcohol motifs (C(OH)–C–C–N with tert-alkyl or cyclic N) is 1. The quantitative estimate of drug-likeness (QED) is 0.702. The number of imide groups is 1. The van der Waals surface area contributed by atoms with Crippen LogP contribution < -0.4 is 0 Å². The number of carbonyl (C=O) groups excluding carboxylic acids is 3. The summed E-state index contributed by atoms with van der Waals surface area (Å²) in [5.74, 6) is -1.43. The highest BCUT2D eigenvalue weighted by molar-refractivity contribution is 6.09. The Labute approximate surface area is 153 Å². The zero-order valence-corrected chi connectivity index (χ0v) is 15.5. The number of carbonyl (C=O) groups is 3. The van der Waals surface area contributed by atoms with E-state index in [1.165, 1.54) is 4.90 Å². The Morgan fingerprint density at radius 2 is 1.85 bits per heavy atom. The zero-order chi connectivity index (χ0) is 18.6. The molecule has 26 heavy (non-hydrogen) atoms. The summed E-state index contributed by atoms with van der Waals surface area (Å²) in [7, 11) is 0. The van der Waals surface area contributed by atoms with Crippen LogP contribution in [-0.4, -0.2) is 78.0 Å². The number of fused-ring (bicyclic) bond motifs is 2. The van der Waals surface area contributed by atoms with E-state index in [-0.39, 0.29) is 36.0 Å². The van der Waals surface area contributed by atoms with E-state index in [1.807, 2.05) is 13.8 Å². The lowest BCUT2D eigenvalue weighted by Crippen LogP contribution is -2.56. The van der Waals surface area contributed by atoms with Crippen molar-refractivity contribution < 1.29 is 24.2 Å². The summed E-state index contributed by atoms with van der Waals surface area (Å²) >= 11 is 0. The average Bonchev–Trinajstić information content (AvgIpc) is 2.81. The third-order valence-electron chi connectivity index (χ3n) is 6.90. The van der Waals surface area contributed by atoms with Gasteiger partial charge in [-0.15, -0.1) is 0 Å². The maximum atomic E-state index is 13.0. The van der Waals surface area contributed by atoms with E-state index >= 15 is 0 Å². The highest BCUT2D eigenvalue weighted by Crippen LogP contribution is 2.60. The highest BCUT2D eigenvalue weighted by Gasteiger charge is 2.67. The molecule has 3 aliphatic carbocycles. The van der Waals surface area contributed by atoms with E-state index in [0.29, 0.717) is 26.2 Å². The molecule has 0 aromatic heterocycles. The van der Waals surface area contributed by atoms with Crippen molar-refractivity contribution in [3.05, 3.63) is 0 Å². The second kappa shape index (κ2) is 6.39. The lowest BCUT2D eigenvalue weighted by atomic mass is 9.48. The molecule has 2 amide bonds. The van der Waals surface area contributed by atoms with Crippen molar-refractivity contribution in [3.63, 3.8) is 0 Å². The number of aliphatic hydroxyl groups is 1. The standard InChI is InChI=1S/C19H28N2O5/c1-11-7-19(2)8-13(23)14(11)15-16(19)18(25)21(17(15)24)10-12(22)9-20-3-5-26-6-4-20/h11-12,14-16,22H,3-10H2,1-2H3. The van der Waals surface area contributed by atoms with Gasteiger partial charge in [0.15, 0.2) is 0 Å². The van der Waals surface area contributed by atoms with Crippen molar-refractivity contribution >= 4 is 17.6 Å². The minimum Gasteiger partial charge on any atom is -0.390 e. The van der Waals surface area contributed by atoms with Gasteiger partial charge >= 0.3 is 0 Å². The molecule has 2 bridgehead atoms. The Bertz CT molecular complexity index is 631. The Hall–Kier alpha value is -1.31. The van der Waals surface area contributed by atoms with E-state index in [9.17, 15) is 19.5 Å². The summed E-state index contributed by atoms with van der Waals surface area (Å²) in [5.41, 5.74) is -0.424. The van der Waals surface area contributed by atoms with Crippen molar-refractivity contribution in [1.29, 1.82) is 0 Å². The maximum absolute atomic E-state index is 13.0. The Balaban J connectivity index is 1.50. The lowest BCUT2D eigenvalue weighted by molar-refractivity contribution is -0.157. The predicted molar refractivity (Wildman–Crippen MR) is 92.0 cm³/mol. The summed E-state index contributed by atoms with van der Waals surface area (Å²) in [5, 5.41) is 10.5. The van der Waals surface area contributed by atoms with Gasteiger partial charge in [0.2, 0.25) is 11.8 Å². The van der Waals surface area contributed by atoms with E-state index in [4.69, 9.17) is 4.74 Å². The van der Waals surface area contributed by atoms with Crippen molar-refractivity contribution in [2.45, 2.75) is 32.8 Å².